The number of nitrogens with one attached hydrogen (secondary N) is 1. The van der Waals surface area contributed by atoms with Gasteiger partial charge in [0.05, 0.1) is 11.5 Å². The van der Waals surface area contributed by atoms with Crippen molar-refractivity contribution in [2.24, 2.45) is 11.3 Å². The highest BCUT2D eigenvalue weighted by Crippen LogP contribution is 2.38. The van der Waals surface area contributed by atoms with Crippen molar-refractivity contribution >= 4 is 11.9 Å². The van der Waals surface area contributed by atoms with Crippen LogP contribution in [0.15, 0.2) is 0 Å². The molecule has 2 saturated heterocycles. The number of amides is 1. The van der Waals surface area contributed by atoms with E-state index in [0.29, 0.717) is 19.5 Å². The van der Waals surface area contributed by atoms with Crippen molar-refractivity contribution in [3.05, 3.63) is 0 Å². The van der Waals surface area contributed by atoms with E-state index in [1.165, 1.54) is 6.42 Å². The molecule has 2 aliphatic rings. The van der Waals surface area contributed by atoms with E-state index in [2.05, 4.69) is 5.32 Å². The minimum atomic E-state index is -0.767. The van der Waals surface area contributed by atoms with Crippen LogP contribution in [0.5, 0.6) is 0 Å². The monoisotopic (exact) mass is 282 g/mol. The fraction of sp³-hybridized carbons (Fsp3) is 0.867. The van der Waals surface area contributed by atoms with E-state index in [0.717, 1.165) is 25.8 Å². The second-order valence-corrected chi connectivity index (χ2v) is 6.48. The molecule has 2 aliphatic heterocycles. The summed E-state index contributed by atoms with van der Waals surface area (Å²) in [6.45, 7) is 5.69. The van der Waals surface area contributed by atoms with E-state index in [4.69, 9.17) is 0 Å². The summed E-state index contributed by atoms with van der Waals surface area (Å²) in [5, 5.41) is 12.8. The molecule has 2 unspecified atom stereocenters. The summed E-state index contributed by atoms with van der Waals surface area (Å²) in [4.78, 5) is 25.9. The Kier molecular flexibility index (Phi) is 4.68. The van der Waals surface area contributed by atoms with E-state index in [9.17, 15) is 14.7 Å². The fourth-order valence-electron chi connectivity index (χ4n) is 3.37. The summed E-state index contributed by atoms with van der Waals surface area (Å²) in [6.07, 6.45) is 4.80. The molecule has 20 heavy (non-hydrogen) atoms. The third-order valence-electron chi connectivity index (χ3n) is 5.00. The van der Waals surface area contributed by atoms with Gasteiger partial charge >= 0.3 is 5.97 Å². The standard InChI is InChI=1S/C15H26N2O3/c1-11(2)15(14(19)20)7-9-17(10-15)13(18)12-6-4-3-5-8-16-12/h11-12,16H,3-10H2,1-2H3,(H,19,20). The predicted molar refractivity (Wildman–Crippen MR) is 76.4 cm³/mol. The number of hydrogen-bond donors (Lipinski definition) is 2. The van der Waals surface area contributed by atoms with Gasteiger partial charge in [0.1, 0.15) is 0 Å². The lowest BCUT2D eigenvalue weighted by Crippen LogP contribution is -2.47. The number of carbonyl (C=O) groups is 2. The summed E-state index contributed by atoms with van der Waals surface area (Å²) in [7, 11) is 0. The summed E-state index contributed by atoms with van der Waals surface area (Å²) in [5.74, 6) is -0.632. The van der Waals surface area contributed by atoms with E-state index in [1.54, 1.807) is 4.90 Å². The molecule has 0 bridgehead atoms. The molecule has 5 nitrogen and oxygen atoms in total. The largest absolute Gasteiger partial charge is 0.481 e. The van der Waals surface area contributed by atoms with Gasteiger partial charge in [0.2, 0.25) is 5.91 Å². The van der Waals surface area contributed by atoms with Crippen LogP contribution in [-0.2, 0) is 9.59 Å². The van der Waals surface area contributed by atoms with Crippen molar-refractivity contribution in [1.82, 2.24) is 10.2 Å². The molecule has 0 radical (unpaired) electrons. The van der Waals surface area contributed by atoms with Gasteiger partial charge in [0.25, 0.3) is 0 Å². The molecule has 2 N–H and O–H groups in total. The Balaban J connectivity index is 2.04. The summed E-state index contributed by atoms with van der Waals surface area (Å²) >= 11 is 0. The van der Waals surface area contributed by atoms with Gasteiger partial charge in [-0.1, -0.05) is 26.7 Å². The Morgan fingerprint density at radius 2 is 2.05 bits per heavy atom. The van der Waals surface area contributed by atoms with Gasteiger partial charge in [0, 0.05) is 13.1 Å². The van der Waals surface area contributed by atoms with Crippen molar-refractivity contribution in [1.29, 1.82) is 0 Å². The molecule has 0 aliphatic carbocycles. The van der Waals surface area contributed by atoms with Crippen molar-refractivity contribution in [3.63, 3.8) is 0 Å². The van der Waals surface area contributed by atoms with Crippen molar-refractivity contribution < 1.29 is 14.7 Å². The van der Waals surface area contributed by atoms with Crippen LogP contribution >= 0.6 is 0 Å². The molecule has 2 atom stereocenters. The van der Waals surface area contributed by atoms with Crippen LogP contribution in [0.2, 0.25) is 0 Å². The van der Waals surface area contributed by atoms with E-state index in [-0.39, 0.29) is 17.9 Å². The number of carboxylic acids is 1. The lowest BCUT2D eigenvalue weighted by atomic mass is 9.76. The van der Waals surface area contributed by atoms with Gasteiger partial charge in [-0.15, -0.1) is 0 Å². The van der Waals surface area contributed by atoms with Crippen molar-refractivity contribution in [2.75, 3.05) is 19.6 Å². The van der Waals surface area contributed by atoms with Crippen LogP contribution in [0.3, 0.4) is 0 Å². The zero-order chi connectivity index (χ0) is 14.8. The Labute approximate surface area is 120 Å². The summed E-state index contributed by atoms with van der Waals surface area (Å²) < 4.78 is 0. The molecular formula is C15H26N2O3. The van der Waals surface area contributed by atoms with Gasteiger partial charge in [-0.2, -0.15) is 0 Å². The summed E-state index contributed by atoms with van der Waals surface area (Å²) in [6, 6.07) is -0.116. The zero-order valence-corrected chi connectivity index (χ0v) is 12.5. The van der Waals surface area contributed by atoms with E-state index < -0.39 is 11.4 Å². The summed E-state index contributed by atoms with van der Waals surface area (Å²) in [5.41, 5.74) is -0.764. The smallest absolute Gasteiger partial charge is 0.311 e. The molecule has 5 heteroatoms. The first kappa shape index (κ1) is 15.3. The van der Waals surface area contributed by atoms with Gasteiger partial charge in [0.15, 0.2) is 0 Å². The van der Waals surface area contributed by atoms with Crippen LogP contribution in [0, 0.1) is 11.3 Å². The Hall–Kier alpha value is -1.10. The first-order chi connectivity index (χ1) is 9.47. The van der Waals surface area contributed by atoms with Gasteiger partial charge in [-0.3, -0.25) is 9.59 Å². The van der Waals surface area contributed by atoms with Crippen LogP contribution in [0.1, 0.15) is 46.0 Å². The number of carboxylic acid groups (broad SMARTS) is 1. The highest BCUT2D eigenvalue weighted by atomic mass is 16.4. The molecule has 114 valence electrons. The van der Waals surface area contributed by atoms with Crippen molar-refractivity contribution in [2.45, 2.75) is 52.0 Å². The molecule has 0 aromatic rings. The van der Waals surface area contributed by atoms with Gasteiger partial charge in [-0.05, 0) is 31.7 Å². The molecule has 1 amide bonds. The molecule has 0 aromatic heterocycles. The SMILES string of the molecule is CC(C)C1(C(=O)O)CCN(C(=O)C2CCCCCN2)C1. The molecular weight excluding hydrogens is 256 g/mol. The number of aliphatic carboxylic acids is 1. The Morgan fingerprint density at radius 3 is 2.65 bits per heavy atom. The second-order valence-electron chi connectivity index (χ2n) is 6.48. The Bertz CT molecular complexity index is 375. The molecule has 2 heterocycles. The van der Waals surface area contributed by atoms with Crippen LogP contribution < -0.4 is 5.32 Å². The fourth-order valence-corrected chi connectivity index (χ4v) is 3.37. The molecule has 2 fully saturated rings. The quantitative estimate of drug-likeness (QED) is 0.822. The van der Waals surface area contributed by atoms with Gasteiger partial charge < -0.3 is 15.3 Å². The van der Waals surface area contributed by atoms with Crippen LogP contribution in [-0.4, -0.2) is 47.6 Å². The molecule has 0 saturated carbocycles. The second kappa shape index (κ2) is 6.12. The van der Waals surface area contributed by atoms with E-state index in [1.807, 2.05) is 13.8 Å². The number of carbonyl (C=O) groups excluding carboxylic acids is 1. The topological polar surface area (TPSA) is 69.6 Å². The highest BCUT2D eigenvalue weighted by molar-refractivity contribution is 5.84. The number of nitrogens with zero attached hydrogens (tertiary/aromatic N) is 1. The number of rotatable bonds is 3. The normalized spacial score (nSPS) is 31.4. The molecule has 2 rings (SSSR count). The predicted octanol–water partition coefficient (Wildman–Crippen LogP) is 1.48. The minimum absolute atomic E-state index is 0.0416. The highest BCUT2D eigenvalue weighted by Gasteiger charge is 2.49. The van der Waals surface area contributed by atoms with Crippen molar-refractivity contribution in [3.8, 4) is 0 Å². The van der Waals surface area contributed by atoms with Crippen LogP contribution in [0.4, 0.5) is 0 Å². The maximum Gasteiger partial charge on any atom is 0.311 e. The zero-order valence-electron chi connectivity index (χ0n) is 12.5. The molecule has 0 aromatic carbocycles. The number of hydrogen-bond acceptors (Lipinski definition) is 3. The number of likely N-dealkylation sites (tertiary alicyclic amines) is 1. The average Bonchev–Trinajstić information content (AvgIpc) is 2.69. The Morgan fingerprint density at radius 1 is 1.30 bits per heavy atom. The first-order valence-corrected chi connectivity index (χ1v) is 7.73. The lowest BCUT2D eigenvalue weighted by Gasteiger charge is -2.29. The molecule has 0 spiro atoms. The first-order valence-electron chi connectivity index (χ1n) is 7.73. The maximum absolute atomic E-state index is 12.6. The van der Waals surface area contributed by atoms with Gasteiger partial charge in [-0.25, -0.2) is 0 Å². The van der Waals surface area contributed by atoms with E-state index >= 15 is 0 Å². The third-order valence-corrected chi connectivity index (χ3v) is 5.00. The third kappa shape index (κ3) is 2.82. The average molecular weight is 282 g/mol. The lowest BCUT2D eigenvalue weighted by molar-refractivity contribution is -0.151. The minimum Gasteiger partial charge on any atom is -0.481 e. The van der Waals surface area contributed by atoms with Crippen LogP contribution in [0.25, 0.3) is 0 Å². The maximum atomic E-state index is 12.6.